The minimum absolute atomic E-state index is 0.148. The summed E-state index contributed by atoms with van der Waals surface area (Å²) in [5.74, 6) is -0.767. The third-order valence-corrected chi connectivity index (χ3v) is 25.9. The molecule has 9 atom stereocenters. The Balaban J connectivity index is 3.98. The summed E-state index contributed by atoms with van der Waals surface area (Å²) >= 11 is 0. The molecular weight excluding hydrogens is 387 g/mol. The van der Waals surface area contributed by atoms with Gasteiger partial charge in [-0.05, 0) is 13.4 Å². The number of nitrogens with one attached hydrogen (secondary N) is 2. The fourth-order valence-electron chi connectivity index (χ4n) is 0.853. The lowest BCUT2D eigenvalue weighted by Gasteiger charge is -2.21. The average molecular weight is 406 g/mol. The molecule has 17 heavy (non-hydrogen) atoms. The Hall–Kier alpha value is 3.26. The van der Waals surface area contributed by atoms with Gasteiger partial charge in [-0.1, -0.05) is 25.8 Å². The molecule has 0 aliphatic heterocycles. The average Bonchev–Trinajstić information content (AvgIpc) is 2.26. The Morgan fingerprint density at radius 2 is 1.94 bits per heavy atom. The molecule has 4 nitrogen and oxygen atoms in total. The van der Waals surface area contributed by atoms with Crippen molar-refractivity contribution in [1.82, 2.24) is 10.2 Å². The van der Waals surface area contributed by atoms with Crippen LogP contribution >= 0.6 is 74.5 Å². The van der Waals surface area contributed by atoms with Crippen molar-refractivity contribution in [2.45, 2.75) is 12.5 Å². The van der Waals surface area contributed by atoms with Crippen molar-refractivity contribution in [3.63, 3.8) is 0 Å². The van der Waals surface area contributed by atoms with Crippen molar-refractivity contribution in [2.24, 2.45) is 0 Å². The van der Waals surface area contributed by atoms with Crippen molar-refractivity contribution >= 4 is 80.5 Å². The van der Waals surface area contributed by atoms with Crippen LogP contribution < -0.4 is 10.2 Å². The largest absolute Gasteiger partial charge is 0.480 e. The number of hydrogen-bond acceptors (Lipinski definition) is 3. The molecule has 9 unspecified atom stereocenters. The molecular formula is C4H19N2O2P9. The van der Waals surface area contributed by atoms with E-state index in [0.29, 0.717) is 14.4 Å². The number of carboxylic acids is 1. The van der Waals surface area contributed by atoms with E-state index in [2.05, 4.69) is 54.8 Å². The molecule has 0 aromatic heterocycles. The van der Waals surface area contributed by atoms with Gasteiger partial charge < -0.3 is 5.11 Å². The highest BCUT2D eigenvalue weighted by molar-refractivity contribution is 8.81. The lowest BCUT2D eigenvalue weighted by Crippen LogP contribution is -2.34. The van der Waals surface area contributed by atoms with Gasteiger partial charge >= 0.3 is 5.97 Å². The first-order chi connectivity index (χ1) is 7.88. The molecule has 0 aromatic carbocycles. The van der Waals surface area contributed by atoms with Crippen molar-refractivity contribution in [1.29, 1.82) is 0 Å². The molecule has 0 saturated heterocycles. The molecule has 0 aliphatic rings. The van der Waals surface area contributed by atoms with Gasteiger partial charge in [0, 0.05) is 21.4 Å². The van der Waals surface area contributed by atoms with Gasteiger partial charge in [0.1, 0.15) is 6.04 Å². The molecule has 0 radical (unpaired) electrons. The second-order valence-corrected chi connectivity index (χ2v) is 26.9. The molecule has 0 spiro atoms. The van der Waals surface area contributed by atoms with Crippen LogP contribution in [0.15, 0.2) is 0 Å². The maximum Gasteiger partial charge on any atom is 0.321 e. The van der Waals surface area contributed by atoms with Gasteiger partial charge in [0.2, 0.25) is 0 Å². The topological polar surface area (TPSA) is 61.4 Å². The van der Waals surface area contributed by atoms with Gasteiger partial charge in [-0.3, -0.25) is 15.0 Å². The number of carboxylic acid groups (broad SMARTS) is 1. The molecule has 0 heterocycles. The maximum absolute atomic E-state index is 11.1. The van der Waals surface area contributed by atoms with Crippen LogP contribution in [0.25, 0.3) is 0 Å². The summed E-state index contributed by atoms with van der Waals surface area (Å²) in [6.07, 6.45) is 0.615. The third-order valence-electron chi connectivity index (χ3n) is 1.69. The second kappa shape index (κ2) is 11.9. The summed E-state index contributed by atoms with van der Waals surface area (Å²) in [4.78, 5) is 11.1. The molecule has 0 aromatic rings. The normalized spacial score (nSPS) is 17.5. The summed E-state index contributed by atoms with van der Waals surface area (Å²) in [5, 5.41) is 15.6. The second-order valence-electron chi connectivity index (χ2n) is 2.94. The van der Waals surface area contributed by atoms with Gasteiger partial charge in [-0.15, -0.1) is 26.8 Å². The number of aliphatic carboxylic acids is 1. The highest BCUT2D eigenvalue weighted by atomic mass is 32.8. The predicted octanol–water partition coefficient (Wildman–Crippen LogP) is 3.74. The number of carbonyl (C=O) groups is 1. The predicted molar refractivity (Wildman–Crippen MR) is 105 cm³/mol. The smallest absolute Gasteiger partial charge is 0.321 e. The molecule has 0 saturated carbocycles. The van der Waals surface area contributed by atoms with Gasteiger partial charge in [0.25, 0.3) is 0 Å². The molecule has 0 amide bonds. The molecule has 0 bridgehead atoms. The molecule has 13 heteroatoms. The van der Waals surface area contributed by atoms with E-state index in [1.165, 1.54) is 0 Å². The Bertz CT molecular complexity index is 231. The van der Waals surface area contributed by atoms with Crippen molar-refractivity contribution in [3.8, 4) is 0 Å². The summed E-state index contributed by atoms with van der Waals surface area (Å²) < 4.78 is 0. The first-order valence-electron chi connectivity index (χ1n) is 4.46. The molecule has 102 valence electrons. The quantitative estimate of drug-likeness (QED) is 0.511. The molecule has 0 rings (SSSR count). The van der Waals surface area contributed by atoms with Gasteiger partial charge in [0.05, 0.1) is 0 Å². The van der Waals surface area contributed by atoms with Crippen molar-refractivity contribution in [2.75, 3.05) is 6.54 Å². The van der Waals surface area contributed by atoms with Crippen LogP contribution in [-0.2, 0) is 4.79 Å². The van der Waals surface area contributed by atoms with Gasteiger partial charge in [0.15, 0.2) is 0 Å². The van der Waals surface area contributed by atoms with E-state index in [1.807, 2.05) is 0 Å². The molecule has 3 N–H and O–H groups in total. The van der Waals surface area contributed by atoms with Gasteiger partial charge in [-0.2, -0.15) is 0 Å². The Kier molecular flexibility index (Phi) is 14.1. The lowest BCUT2D eigenvalue weighted by atomic mass is 10.2. The molecule has 0 fully saturated rings. The summed E-state index contributed by atoms with van der Waals surface area (Å²) in [5.41, 5.74) is 0. The number of rotatable bonds is 9. The zero-order valence-corrected chi connectivity index (χ0v) is 18.5. The fraction of sp³-hybridized carbons (Fsp3) is 0.750. The van der Waals surface area contributed by atoms with Crippen LogP contribution in [0.1, 0.15) is 6.42 Å². The summed E-state index contributed by atoms with van der Waals surface area (Å²) in [6, 6.07) is -0.451. The first-order valence-corrected chi connectivity index (χ1v) is 19.3. The van der Waals surface area contributed by atoms with Crippen LogP contribution in [0.5, 0.6) is 0 Å². The van der Waals surface area contributed by atoms with Gasteiger partial charge in [-0.25, -0.2) is 0 Å². The van der Waals surface area contributed by atoms with E-state index in [4.69, 9.17) is 5.11 Å². The van der Waals surface area contributed by atoms with Crippen molar-refractivity contribution in [3.05, 3.63) is 0 Å². The zero-order valence-electron chi connectivity index (χ0n) is 9.08. The standard InChI is InChI=1S/C4H19N2O2P9/c7-4(8)3(6-15(10)14-9)1-2-5-16(11)17(12)13/h3,5-6,14H,1-2,9-13H2,(H,7,8). The summed E-state index contributed by atoms with van der Waals surface area (Å²) in [6.45, 7) is 0.583. The monoisotopic (exact) mass is 406 g/mol. The van der Waals surface area contributed by atoms with Crippen LogP contribution in [0, 0.1) is 0 Å². The van der Waals surface area contributed by atoms with E-state index in [1.54, 1.807) is 0 Å². The minimum Gasteiger partial charge on any atom is -0.480 e. The molecule has 0 aliphatic carbocycles. The Morgan fingerprint density at radius 1 is 1.35 bits per heavy atom. The lowest BCUT2D eigenvalue weighted by molar-refractivity contribution is -0.139. The van der Waals surface area contributed by atoms with E-state index >= 15 is 0 Å². The highest BCUT2D eigenvalue weighted by Gasteiger charge is 2.19. The Labute approximate surface area is 119 Å². The van der Waals surface area contributed by atoms with Crippen LogP contribution in [0.4, 0.5) is 0 Å². The SMILES string of the molecule is O=C(O)C(CCNP(P)P(P)P)NP(P)PP. The number of hydrogen-bond donors (Lipinski definition) is 3. The van der Waals surface area contributed by atoms with E-state index in [9.17, 15) is 4.79 Å². The summed E-state index contributed by atoms with van der Waals surface area (Å²) in [7, 11) is 13.6. The van der Waals surface area contributed by atoms with E-state index < -0.39 is 19.5 Å². The highest BCUT2D eigenvalue weighted by Crippen LogP contribution is 2.80. The van der Waals surface area contributed by atoms with Crippen molar-refractivity contribution < 1.29 is 9.90 Å². The fourth-order valence-corrected chi connectivity index (χ4v) is 6.57. The first kappa shape index (κ1) is 20.3. The minimum atomic E-state index is -0.767. The Morgan fingerprint density at radius 3 is 2.35 bits per heavy atom. The zero-order chi connectivity index (χ0) is 13.4. The van der Waals surface area contributed by atoms with Crippen LogP contribution in [0.2, 0.25) is 0 Å². The maximum atomic E-state index is 11.1. The van der Waals surface area contributed by atoms with Crippen LogP contribution in [-0.4, -0.2) is 23.7 Å². The third kappa shape index (κ3) is 10.6. The van der Waals surface area contributed by atoms with E-state index in [0.717, 1.165) is 6.54 Å². The van der Waals surface area contributed by atoms with Crippen LogP contribution in [0.3, 0.4) is 0 Å². The van der Waals surface area contributed by atoms with E-state index in [-0.39, 0.29) is 14.4 Å².